The largest absolute Gasteiger partial charge is 0.460 e. The van der Waals surface area contributed by atoms with Crippen LogP contribution in [0, 0.1) is 23.2 Å². The molecule has 0 saturated carbocycles. The molecule has 0 aliphatic rings. The van der Waals surface area contributed by atoms with Crippen LogP contribution < -0.4 is 16.0 Å². The molecule has 18 heteroatoms. The zero-order chi connectivity index (χ0) is 62.3. The van der Waals surface area contributed by atoms with E-state index >= 15 is 0 Å². The number of hydrogen-bond donors (Lipinski definition) is 3. The number of nitrogens with one attached hydrogen (secondary N) is 3. The van der Waals surface area contributed by atoms with Gasteiger partial charge in [-0.1, -0.05) is 123 Å². The van der Waals surface area contributed by atoms with Crippen molar-refractivity contribution in [2.24, 2.45) is 23.2 Å². The van der Waals surface area contributed by atoms with Gasteiger partial charge in [0.05, 0.1) is 24.4 Å². The van der Waals surface area contributed by atoms with Gasteiger partial charge in [0.2, 0.25) is 23.6 Å². The Labute approximate surface area is 482 Å². The first-order chi connectivity index (χ1) is 36.9. The maximum Gasteiger partial charge on any atom is 0.410 e. The van der Waals surface area contributed by atoms with E-state index in [9.17, 15) is 43.2 Å². The Bertz CT molecular complexity index is 2530. The van der Waals surface area contributed by atoms with E-state index in [2.05, 4.69) is 16.0 Å². The molecule has 3 N–H and O–H groups in total. The summed E-state index contributed by atoms with van der Waals surface area (Å²) in [6.45, 7) is 35.0. The highest BCUT2D eigenvalue weighted by Crippen LogP contribution is 2.33. The van der Waals surface area contributed by atoms with Crippen molar-refractivity contribution < 1.29 is 62.1 Å². The lowest BCUT2D eigenvalue weighted by Crippen LogP contribution is -2.63. The zero-order valence-electron chi connectivity index (χ0n) is 52.6. The van der Waals surface area contributed by atoms with Gasteiger partial charge in [-0.2, -0.15) is 0 Å². The van der Waals surface area contributed by atoms with Crippen molar-refractivity contribution in [1.29, 1.82) is 0 Å². The zero-order valence-corrected chi connectivity index (χ0v) is 52.6. The second-order valence-electron chi connectivity index (χ2n) is 26.5. The monoisotopic (exact) mass is 1130 g/mol. The average Bonchev–Trinajstić information content (AvgIpc) is 3.32. The molecular formula is C63H97N5O13. The fourth-order valence-corrected chi connectivity index (χ4v) is 8.92. The normalized spacial score (nSPS) is 14.7. The molecule has 452 valence electrons. The first-order valence-electron chi connectivity index (χ1n) is 28.0. The number of carbonyl (C=O) groups is 9. The van der Waals surface area contributed by atoms with Crippen molar-refractivity contribution in [1.82, 2.24) is 25.8 Å². The molecular weight excluding hydrogens is 1030 g/mol. The van der Waals surface area contributed by atoms with Gasteiger partial charge in [0, 0.05) is 37.9 Å². The van der Waals surface area contributed by atoms with Crippen molar-refractivity contribution in [2.45, 2.75) is 223 Å². The van der Waals surface area contributed by atoms with Crippen LogP contribution in [0.5, 0.6) is 0 Å². The van der Waals surface area contributed by atoms with E-state index < -0.39 is 111 Å². The number of ether oxygens (including phenoxy) is 4. The van der Waals surface area contributed by atoms with Gasteiger partial charge in [0.25, 0.3) is 0 Å². The highest BCUT2D eigenvalue weighted by molar-refractivity contribution is 5.97. The Kier molecular flexibility index (Phi) is 25.6. The number of hydrogen-bond acceptors (Lipinski definition) is 13. The smallest absolute Gasteiger partial charge is 0.410 e. The first-order valence-corrected chi connectivity index (χ1v) is 28.0. The van der Waals surface area contributed by atoms with Gasteiger partial charge in [-0.15, -0.1) is 0 Å². The SMILES string of the molecule is C/C(=C\[C@H](C(C)C)N(C)C(=O)[C@@H](NC(=O)[C@@H](N(C)C(=O)OCc1ccc(CC(=O)[C@H](C)NC(=O)[C@@H](CC(=O)OC(C)(C)C)C(C)C)cc1)C(C)(C)c1ccccc1)C(C)(C)C)C(=O)N[C@H](CCC(=O)OC(C)(C)C)C(=O)OC(C)(C)C. The van der Waals surface area contributed by atoms with Crippen molar-refractivity contribution in [2.75, 3.05) is 14.1 Å². The van der Waals surface area contributed by atoms with E-state index in [0.717, 1.165) is 5.56 Å². The highest BCUT2D eigenvalue weighted by Gasteiger charge is 2.46. The molecule has 0 fully saturated rings. The van der Waals surface area contributed by atoms with Crippen LogP contribution in [0.2, 0.25) is 0 Å². The Hall–Kier alpha value is -6.59. The summed E-state index contributed by atoms with van der Waals surface area (Å²) in [6, 6.07) is 11.0. The molecule has 0 heterocycles. The second-order valence-corrected chi connectivity index (χ2v) is 26.5. The molecule has 2 aromatic rings. The third kappa shape index (κ3) is 23.4. The standard InChI is InChI=1S/C63H97N5O13/c1-38(2)45(36-50(71)80-61(13,14)15)54(73)64-41(6)48(69)35-42-28-30-43(31-29-42)37-78-58(77)68(22)52(63(19,20)44-26-24-23-25-27-44)55(74)66-51(59(7,8)9)56(75)67(21)47(39(3)4)34-40(5)53(72)65-46(57(76)81-62(16,17)18)32-33-49(70)79-60(10,11)12/h23-31,34,38-39,41,45-47,51-52H,32-33,35-37H2,1-22H3,(H,64,73)(H,65,72)(H,66,74)/b40-34+/t41-,45-,46+,47+,51+,52+/m0/s1. The number of likely N-dealkylation sites (N-methyl/N-ethyl adjacent to an activating group) is 2. The Morgan fingerprint density at radius 2 is 1.12 bits per heavy atom. The summed E-state index contributed by atoms with van der Waals surface area (Å²) in [4.78, 5) is 126. The summed E-state index contributed by atoms with van der Waals surface area (Å²) in [6.07, 6.45) is 0.454. The van der Waals surface area contributed by atoms with Gasteiger partial charge in [-0.25, -0.2) is 9.59 Å². The molecule has 0 bridgehead atoms. The number of ketones is 1. The summed E-state index contributed by atoms with van der Waals surface area (Å²) in [5, 5.41) is 8.51. The molecule has 0 aromatic heterocycles. The van der Waals surface area contributed by atoms with Crippen LogP contribution in [0.4, 0.5) is 4.79 Å². The summed E-state index contributed by atoms with van der Waals surface area (Å²) in [5.74, 6) is -5.24. The predicted molar refractivity (Wildman–Crippen MR) is 312 cm³/mol. The van der Waals surface area contributed by atoms with Crippen molar-refractivity contribution in [3.63, 3.8) is 0 Å². The van der Waals surface area contributed by atoms with Crippen LogP contribution in [0.15, 0.2) is 66.2 Å². The van der Waals surface area contributed by atoms with E-state index in [0.29, 0.717) is 11.1 Å². The molecule has 5 amide bonds. The quantitative estimate of drug-likeness (QED) is 0.0479. The minimum atomic E-state index is -1.22. The van der Waals surface area contributed by atoms with Crippen LogP contribution >= 0.6 is 0 Å². The number of nitrogens with zero attached hydrogens (tertiary/aromatic N) is 2. The van der Waals surface area contributed by atoms with Crippen LogP contribution in [-0.2, 0) is 75.7 Å². The lowest BCUT2D eigenvalue weighted by Gasteiger charge is -2.42. The molecule has 0 aliphatic carbocycles. The first kappa shape index (κ1) is 70.5. The van der Waals surface area contributed by atoms with E-state index in [1.165, 1.54) is 16.8 Å². The van der Waals surface area contributed by atoms with Crippen molar-refractivity contribution >= 4 is 53.4 Å². The number of esters is 3. The molecule has 0 unspecified atom stereocenters. The maximum atomic E-state index is 15.0. The minimum Gasteiger partial charge on any atom is -0.460 e. The lowest BCUT2D eigenvalue weighted by molar-refractivity contribution is -0.160. The van der Waals surface area contributed by atoms with Crippen LogP contribution in [0.3, 0.4) is 0 Å². The summed E-state index contributed by atoms with van der Waals surface area (Å²) in [5.41, 5.74) is -2.08. The average molecular weight is 1130 g/mol. The predicted octanol–water partition coefficient (Wildman–Crippen LogP) is 9.13. The number of carbonyl (C=O) groups excluding carboxylic acids is 9. The Balaban J connectivity index is 2.37. The third-order valence-corrected chi connectivity index (χ3v) is 13.4. The number of Topliss-reactive ketones (excluding diaryl/α,β-unsaturated/α-hetero) is 1. The lowest BCUT2D eigenvalue weighted by atomic mass is 9.76. The topological polar surface area (TPSA) is 233 Å². The van der Waals surface area contributed by atoms with Crippen LogP contribution in [-0.4, -0.2) is 124 Å². The Morgan fingerprint density at radius 1 is 0.605 bits per heavy atom. The molecule has 0 spiro atoms. The molecule has 18 nitrogen and oxygen atoms in total. The van der Waals surface area contributed by atoms with E-state index in [-0.39, 0.29) is 55.5 Å². The molecule has 81 heavy (non-hydrogen) atoms. The molecule has 0 aliphatic heterocycles. The van der Waals surface area contributed by atoms with Gasteiger partial charge in [0.1, 0.15) is 41.5 Å². The molecule has 2 aromatic carbocycles. The van der Waals surface area contributed by atoms with Crippen LogP contribution in [0.1, 0.15) is 174 Å². The molecule has 0 radical (unpaired) electrons. The van der Waals surface area contributed by atoms with Gasteiger partial charge in [-0.05, 0) is 117 Å². The van der Waals surface area contributed by atoms with E-state index in [1.807, 2.05) is 92.6 Å². The fourth-order valence-electron chi connectivity index (χ4n) is 8.92. The van der Waals surface area contributed by atoms with E-state index in [1.54, 1.807) is 114 Å². The summed E-state index contributed by atoms with van der Waals surface area (Å²) < 4.78 is 22.3. The fraction of sp³-hybridized carbons (Fsp3) is 0.635. The van der Waals surface area contributed by atoms with E-state index in [4.69, 9.17) is 18.9 Å². The molecule has 2 rings (SSSR count). The van der Waals surface area contributed by atoms with Crippen molar-refractivity contribution in [3.05, 3.63) is 82.9 Å². The summed E-state index contributed by atoms with van der Waals surface area (Å²) >= 11 is 0. The van der Waals surface area contributed by atoms with Gasteiger partial charge in [0.15, 0.2) is 5.78 Å². The van der Waals surface area contributed by atoms with Gasteiger partial charge in [-0.3, -0.25) is 38.5 Å². The number of amides is 5. The van der Waals surface area contributed by atoms with Crippen LogP contribution in [0.25, 0.3) is 0 Å². The number of benzene rings is 2. The van der Waals surface area contributed by atoms with Gasteiger partial charge < -0.3 is 39.8 Å². The summed E-state index contributed by atoms with van der Waals surface area (Å²) in [7, 11) is 3.05. The highest BCUT2D eigenvalue weighted by atomic mass is 16.6. The van der Waals surface area contributed by atoms with Gasteiger partial charge >= 0.3 is 24.0 Å². The third-order valence-electron chi connectivity index (χ3n) is 13.4. The maximum absolute atomic E-state index is 15.0. The molecule has 0 saturated heterocycles. The van der Waals surface area contributed by atoms with Crippen molar-refractivity contribution in [3.8, 4) is 0 Å². The second kappa shape index (κ2) is 29.4. The Morgan fingerprint density at radius 3 is 1.62 bits per heavy atom. The minimum absolute atomic E-state index is 0.00513. The molecule has 6 atom stereocenters. The number of rotatable bonds is 25.